The summed E-state index contributed by atoms with van der Waals surface area (Å²) in [5.41, 5.74) is 0.280. The molecular formula is C10H19NO. The third-order valence-electron chi connectivity index (χ3n) is 3.21. The number of ether oxygens (including phenoxy) is 1. The fourth-order valence-corrected chi connectivity index (χ4v) is 2.44. The van der Waals surface area contributed by atoms with Gasteiger partial charge in [-0.1, -0.05) is 19.3 Å². The molecule has 2 fully saturated rings. The highest BCUT2D eigenvalue weighted by Gasteiger charge is 2.33. The van der Waals surface area contributed by atoms with Crippen molar-refractivity contribution in [3.05, 3.63) is 0 Å². The third-order valence-corrected chi connectivity index (χ3v) is 3.21. The molecule has 1 aliphatic carbocycles. The van der Waals surface area contributed by atoms with E-state index in [9.17, 15) is 0 Å². The van der Waals surface area contributed by atoms with Crippen molar-refractivity contribution in [2.45, 2.75) is 44.1 Å². The van der Waals surface area contributed by atoms with Crippen molar-refractivity contribution < 1.29 is 4.74 Å². The topological polar surface area (TPSA) is 21.3 Å². The second-order valence-corrected chi connectivity index (χ2v) is 4.09. The van der Waals surface area contributed by atoms with Gasteiger partial charge in [-0.05, 0) is 25.8 Å². The lowest BCUT2D eigenvalue weighted by molar-refractivity contribution is -0.0628. The summed E-state index contributed by atoms with van der Waals surface area (Å²) in [7, 11) is 0. The number of hydrogen-bond acceptors (Lipinski definition) is 2. The molecule has 1 heterocycles. The summed E-state index contributed by atoms with van der Waals surface area (Å²) in [6.45, 7) is 3.11. The van der Waals surface area contributed by atoms with Crippen LogP contribution < -0.4 is 5.32 Å². The van der Waals surface area contributed by atoms with Gasteiger partial charge in [0.05, 0.1) is 12.2 Å². The molecule has 0 unspecified atom stereocenters. The van der Waals surface area contributed by atoms with Gasteiger partial charge >= 0.3 is 0 Å². The van der Waals surface area contributed by atoms with Crippen LogP contribution in [0.1, 0.15) is 38.5 Å². The van der Waals surface area contributed by atoms with Gasteiger partial charge in [0.25, 0.3) is 0 Å². The van der Waals surface area contributed by atoms with Crippen LogP contribution in [0.15, 0.2) is 0 Å². The maximum absolute atomic E-state index is 5.97. The van der Waals surface area contributed by atoms with E-state index in [1.54, 1.807) is 0 Å². The third kappa shape index (κ3) is 1.80. The minimum Gasteiger partial charge on any atom is -0.374 e. The molecule has 2 rings (SSSR count). The Labute approximate surface area is 74.7 Å². The lowest BCUT2D eigenvalue weighted by Crippen LogP contribution is -2.35. The van der Waals surface area contributed by atoms with E-state index in [2.05, 4.69) is 5.32 Å². The Bertz CT molecular complexity index is 131. The molecule has 2 heteroatoms. The predicted molar refractivity (Wildman–Crippen MR) is 49.3 cm³/mol. The molecule has 0 radical (unpaired) electrons. The maximum atomic E-state index is 5.97. The predicted octanol–water partition coefficient (Wildman–Crippen LogP) is 1.70. The minimum atomic E-state index is 0.280. The highest BCUT2D eigenvalue weighted by molar-refractivity contribution is 4.86. The van der Waals surface area contributed by atoms with Gasteiger partial charge in [-0.2, -0.15) is 0 Å². The Balaban J connectivity index is 1.95. The molecule has 2 aliphatic rings. The summed E-state index contributed by atoms with van der Waals surface area (Å²) < 4.78 is 5.97. The van der Waals surface area contributed by atoms with E-state index in [1.165, 1.54) is 38.5 Å². The minimum absolute atomic E-state index is 0.280. The van der Waals surface area contributed by atoms with Crippen LogP contribution in [0.5, 0.6) is 0 Å². The van der Waals surface area contributed by atoms with Gasteiger partial charge < -0.3 is 10.1 Å². The highest BCUT2D eigenvalue weighted by atomic mass is 16.5. The normalized spacial score (nSPS) is 30.0. The quantitative estimate of drug-likeness (QED) is 0.596. The van der Waals surface area contributed by atoms with Crippen molar-refractivity contribution in [3.63, 3.8) is 0 Å². The molecule has 0 bridgehead atoms. The number of rotatable bonds is 0. The van der Waals surface area contributed by atoms with Gasteiger partial charge in [-0.3, -0.25) is 0 Å². The van der Waals surface area contributed by atoms with Crippen molar-refractivity contribution in [2.75, 3.05) is 19.7 Å². The van der Waals surface area contributed by atoms with Crippen LogP contribution in [-0.2, 0) is 4.74 Å². The molecule has 0 amide bonds. The largest absolute Gasteiger partial charge is 0.374 e. The second-order valence-electron chi connectivity index (χ2n) is 4.09. The van der Waals surface area contributed by atoms with Gasteiger partial charge in [-0.15, -0.1) is 0 Å². The molecular weight excluding hydrogens is 150 g/mol. The molecule has 0 atom stereocenters. The van der Waals surface area contributed by atoms with Crippen molar-refractivity contribution in [2.24, 2.45) is 0 Å². The van der Waals surface area contributed by atoms with Crippen LogP contribution in [0.4, 0.5) is 0 Å². The molecule has 0 aromatic rings. The van der Waals surface area contributed by atoms with Crippen molar-refractivity contribution in [1.29, 1.82) is 0 Å². The first-order valence-electron chi connectivity index (χ1n) is 5.26. The average molecular weight is 169 g/mol. The first-order valence-corrected chi connectivity index (χ1v) is 5.26. The summed E-state index contributed by atoms with van der Waals surface area (Å²) in [6.07, 6.45) is 7.99. The summed E-state index contributed by atoms with van der Waals surface area (Å²) >= 11 is 0. The zero-order chi connectivity index (χ0) is 8.28. The Hall–Kier alpha value is -0.0800. The van der Waals surface area contributed by atoms with E-state index < -0.39 is 0 Å². The van der Waals surface area contributed by atoms with Crippen molar-refractivity contribution in [3.8, 4) is 0 Å². The SMILES string of the molecule is C1CCC2(CC1)CCNCCO2. The van der Waals surface area contributed by atoms with E-state index in [-0.39, 0.29) is 5.60 Å². The van der Waals surface area contributed by atoms with Crippen LogP contribution in [0.25, 0.3) is 0 Å². The van der Waals surface area contributed by atoms with Crippen molar-refractivity contribution in [1.82, 2.24) is 5.32 Å². The Kier molecular flexibility index (Phi) is 2.66. The first kappa shape index (κ1) is 8.52. The van der Waals surface area contributed by atoms with Gasteiger partial charge in [0.2, 0.25) is 0 Å². The van der Waals surface area contributed by atoms with Crippen LogP contribution in [0.3, 0.4) is 0 Å². The van der Waals surface area contributed by atoms with Crippen molar-refractivity contribution >= 4 is 0 Å². The number of nitrogens with one attached hydrogen (secondary N) is 1. The lowest BCUT2D eigenvalue weighted by atomic mass is 9.82. The summed E-state index contributed by atoms with van der Waals surface area (Å²) in [6, 6.07) is 0. The second kappa shape index (κ2) is 3.75. The summed E-state index contributed by atoms with van der Waals surface area (Å²) in [4.78, 5) is 0. The Morgan fingerprint density at radius 2 is 1.75 bits per heavy atom. The van der Waals surface area contributed by atoms with E-state index >= 15 is 0 Å². The average Bonchev–Trinajstić information content (AvgIpc) is 2.33. The fraction of sp³-hybridized carbons (Fsp3) is 1.00. The summed E-state index contributed by atoms with van der Waals surface area (Å²) in [5.74, 6) is 0. The number of hydrogen-bond donors (Lipinski definition) is 1. The molecule has 2 nitrogen and oxygen atoms in total. The van der Waals surface area contributed by atoms with E-state index in [4.69, 9.17) is 4.74 Å². The molecule has 1 saturated heterocycles. The van der Waals surface area contributed by atoms with Gasteiger partial charge in [0.1, 0.15) is 0 Å². The zero-order valence-corrected chi connectivity index (χ0v) is 7.77. The first-order chi connectivity index (χ1) is 5.91. The van der Waals surface area contributed by atoms with Crippen LogP contribution in [-0.4, -0.2) is 25.3 Å². The fourth-order valence-electron chi connectivity index (χ4n) is 2.44. The molecule has 70 valence electrons. The van der Waals surface area contributed by atoms with Gasteiger partial charge in [0.15, 0.2) is 0 Å². The maximum Gasteiger partial charge on any atom is 0.0695 e. The zero-order valence-electron chi connectivity index (χ0n) is 7.77. The standard InChI is InChI=1S/C10H19NO/c1-2-4-10(5-3-1)6-7-11-8-9-12-10/h11H,1-9H2. The van der Waals surface area contributed by atoms with Gasteiger partial charge in [0, 0.05) is 6.54 Å². The Morgan fingerprint density at radius 3 is 2.58 bits per heavy atom. The van der Waals surface area contributed by atoms with E-state index in [0.717, 1.165) is 19.7 Å². The molecule has 1 saturated carbocycles. The molecule has 1 aliphatic heterocycles. The Morgan fingerprint density at radius 1 is 0.917 bits per heavy atom. The molecule has 1 N–H and O–H groups in total. The van der Waals surface area contributed by atoms with Crippen LogP contribution >= 0.6 is 0 Å². The van der Waals surface area contributed by atoms with Crippen LogP contribution in [0.2, 0.25) is 0 Å². The van der Waals surface area contributed by atoms with Gasteiger partial charge in [-0.25, -0.2) is 0 Å². The smallest absolute Gasteiger partial charge is 0.0695 e. The monoisotopic (exact) mass is 169 g/mol. The van der Waals surface area contributed by atoms with E-state index in [1.807, 2.05) is 0 Å². The highest BCUT2D eigenvalue weighted by Crippen LogP contribution is 2.34. The summed E-state index contributed by atoms with van der Waals surface area (Å²) in [5, 5.41) is 3.39. The van der Waals surface area contributed by atoms with E-state index in [0.29, 0.717) is 0 Å². The van der Waals surface area contributed by atoms with Crippen LogP contribution in [0, 0.1) is 0 Å². The molecule has 1 spiro atoms. The molecule has 0 aromatic heterocycles. The molecule has 0 aromatic carbocycles. The molecule has 12 heavy (non-hydrogen) atoms. The lowest BCUT2D eigenvalue weighted by Gasteiger charge is -2.35.